The third-order valence-electron chi connectivity index (χ3n) is 5.19. The first-order valence-electron chi connectivity index (χ1n) is 10.2. The standard InChI is InChI=1S/C22H26N4O5/c1-12(2)5-6-16-11-26(25-24-16)14(4)21(29)23-15-7-8-17-13(3)18(10-20(27)28)22(30)31-19(17)9-15/h7-9,11-12,14H,5-6,10H2,1-4H3,(H,23,29)(H,27,28)/t14-/m0/s1. The van der Waals surface area contributed by atoms with Gasteiger partial charge in [0.15, 0.2) is 0 Å². The zero-order valence-electron chi connectivity index (χ0n) is 18.0. The van der Waals surface area contributed by atoms with Crippen molar-refractivity contribution in [3.63, 3.8) is 0 Å². The normalized spacial score (nSPS) is 12.3. The zero-order chi connectivity index (χ0) is 22.7. The average Bonchev–Trinajstić information content (AvgIpc) is 3.17. The van der Waals surface area contributed by atoms with Crippen molar-refractivity contribution in [3.8, 4) is 0 Å². The summed E-state index contributed by atoms with van der Waals surface area (Å²) in [6.45, 7) is 7.68. The van der Waals surface area contributed by atoms with Crippen LogP contribution in [0.25, 0.3) is 11.0 Å². The summed E-state index contributed by atoms with van der Waals surface area (Å²) in [5, 5.41) is 20.6. The molecule has 2 N–H and O–H groups in total. The summed E-state index contributed by atoms with van der Waals surface area (Å²) in [6, 6.07) is 4.34. The lowest BCUT2D eigenvalue weighted by atomic mass is 10.0. The van der Waals surface area contributed by atoms with Gasteiger partial charge < -0.3 is 14.8 Å². The van der Waals surface area contributed by atoms with E-state index in [4.69, 9.17) is 9.52 Å². The molecule has 0 saturated heterocycles. The molecular formula is C22H26N4O5. The lowest BCUT2D eigenvalue weighted by Crippen LogP contribution is -2.24. The van der Waals surface area contributed by atoms with Crippen LogP contribution in [0.1, 0.15) is 50.1 Å². The highest BCUT2D eigenvalue weighted by Crippen LogP contribution is 2.24. The Kier molecular flexibility index (Phi) is 6.53. The summed E-state index contributed by atoms with van der Waals surface area (Å²) in [7, 11) is 0. The number of benzene rings is 1. The van der Waals surface area contributed by atoms with E-state index >= 15 is 0 Å². The Bertz CT molecular complexity index is 1180. The van der Waals surface area contributed by atoms with E-state index < -0.39 is 24.1 Å². The van der Waals surface area contributed by atoms with Crippen LogP contribution in [0.3, 0.4) is 0 Å². The molecule has 31 heavy (non-hydrogen) atoms. The summed E-state index contributed by atoms with van der Waals surface area (Å²) in [5.74, 6) is -0.836. The summed E-state index contributed by atoms with van der Waals surface area (Å²) in [5.41, 5.74) is 1.55. The Morgan fingerprint density at radius 2 is 2.00 bits per heavy atom. The highest BCUT2D eigenvalue weighted by atomic mass is 16.4. The van der Waals surface area contributed by atoms with Crippen molar-refractivity contribution in [1.82, 2.24) is 15.0 Å². The molecule has 0 saturated carbocycles. The van der Waals surface area contributed by atoms with Gasteiger partial charge in [-0.05, 0) is 50.3 Å². The molecule has 1 amide bonds. The van der Waals surface area contributed by atoms with E-state index in [0.717, 1.165) is 18.5 Å². The quantitative estimate of drug-likeness (QED) is 0.530. The van der Waals surface area contributed by atoms with Crippen LogP contribution in [-0.4, -0.2) is 32.0 Å². The molecule has 2 aromatic heterocycles. The van der Waals surface area contributed by atoms with Gasteiger partial charge in [-0.25, -0.2) is 9.48 Å². The van der Waals surface area contributed by atoms with E-state index in [9.17, 15) is 14.4 Å². The maximum Gasteiger partial charge on any atom is 0.340 e. The molecule has 2 heterocycles. The van der Waals surface area contributed by atoms with E-state index in [0.29, 0.717) is 22.6 Å². The van der Waals surface area contributed by atoms with Crippen molar-refractivity contribution in [2.45, 2.75) is 53.0 Å². The van der Waals surface area contributed by atoms with Gasteiger partial charge in [-0.3, -0.25) is 9.59 Å². The monoisotopic (exact) mass is 426 g/mol. The van der Waals surface area contributed by atoms with Gasteiger partial charge in [0.05, 0.1) is 17.7 Å². The number of carbonyl (C=O) groups is 2. The van der Waals surface area contributed by atoms with Gasteiger partial charge in [-0.1, -0.05) is 19.1 Å². The van der Waals surface area contributed by atoms with E-state index in [1.54, 1.807) is 38.2 Å². The number of anilines is 1. The minimum absolute atomic E-state index is 0.116. The first-order valence-corrected chi connectivity index (χ1v) is 10.2. The first kappa shape index (κ1) is 22.2. The molecule has 0 radical (unpaired) electrons. The second-order valence-electron chi connectivity index (χ2n) is 8.06. The van der Waals surface area contributed by atoms with Crippen molar-refractivity contribution < 1.29 is 19.1 Å². The smallest absolute Gasteiger partial charge is 0.340 e. The van der Waals surface area contributed by atoms with Crippen LogP contribution in [-0.2, 0) is 22.4 Å². The summed E-state index contributed by atoms with van der Waals surface area (Å²) >= 11 is 0. The second kappa shape index (κ2) is 9.11. The number of aliphatic carboxylic acids is 1. The zero-order valence-corrected chi connectivity index (χ0v) is 18.0. The number of aromatic nitrogens is 3. The minimum Gasteiger partial charge on any atom is -0.481 e. The second-order valence-corrected chi connectivity index (χ2v) is 8.06. The molecule has 164 valence electrons. The molecular weight excluding hydrogens is 400 g/mol. The first-order chi connectivity index (χ1) is 14.7. The van der Waals surface area contributed by atoms with Crippen LogP contribution in [0.2, 0.25) is 0 Å². The fraction of sp³-hybridized carbons (Fsp3) is 0.409. The molecule has 0 aliphatic heterocycles. The topological polar surface area (TPSA) is 127 Å². The van der Waals surface area contributed by atoms with Crippen LogP contribution in [0.4, 0.5) is 5.69 Å². The number of hydrogen-bond acceptors (Lipinski definition) is 6. The van der Waals surface area contributed by atoms with Crippen molar-refractivity contribution in [3.05, 3.63) is 51.6 Å². The number of carbonyl (C=O) groups excluding carboxylic acids is 1. The van der Waals surface area contributed by atoms with Crippen molar-refractivity contribution in [2.75, 3.05) is 5.32 Å². The Balaban J connectivity index is 1.77. The molecule has 9 nitrogen and oxygen atoms in total. The SMILES string of the molecule is Cc1c(CC(=O)O)c(=O)oc2cc(NC(=O)[C@H](C)n3cc(CCC(C)C)nn3)ccc12. The summed E-state index contributed by atoms with van der Waals surface area (Å²) in [6.07, 6.45) is 3.17. The maximum absolute atomic E-state index is 12.7. The largest absolute Gasteiger partial charge is 0.481 e. The van der Waals surface area contributed by atoms with Crippen LogP contribution >= 0.6 is 0 Å². The molecule has 3 aromatic rings. The van der Waals surface area contributed by atoms with Crippen molar-refractivity contribution >= 4 is 28.5 Å². The molecule has 1 atom stereocenters. The number of carboxylic acids is 1. The number of carboxylic acid groups (broad SMARTS) is 1. The van der Waals surface area contributed by atoms with E-state index in [-0.39, 0.29) is 17.1 Å². The van der Waals surface area contributed by atoms with Gasteiger partial charge >= 0.3 is 11.6 Å². The molecule has 0 aliphatic carbocycles. The third-order valence-corrected chi connectivity index (χ3v) is 5.19. The fourth-order valence-electron chi connectivity index (χ4n) is 3.25. The fourth-order valence-corrected chi connectivity index (χ4v) is 3.25. The molecule has 0 unspecified atom stereocenters. The molecule has 3 rings (SSSR count). The van der Waals surface area contributed by atoms with Crippen LogP contribution in [0.15, 0.2) is 33.6 Å². The number of amides is 1. The summed E-state index contributed by atoms with van der Waals surface area (Å²) < 4.78 is 6.82. The van der Waals surface area contributed by atoms with Gasteiger partial charge in [-0.2, -0.15) is 0 Å². The van der Waals surface area contributed by atoms with Gasteiger partial charge in [-0.15, -0.1) is 5.10 Å². The van der Waals surface area contributed by atoms with Crippen molar-refractivity contribution in [1.29, 1.82) is 0 Å². The Hall–Kier alpha value is -3.49. The Morgan fingerprint density at radius 3 is 2.68 bits per heavy atom. The number of aryl methyl sites for hydroxylation is 2. The minimum atomic E-state index is -1.10. The third kappa shape index (κ3) is 5.17. The predicted molar refractivity (Wildman–Crippen MR) is 115 cm³/mol. The van der Waals surface area contributed by atoms with Crippen LogP contribution in [0.5, 0.6) is 0 Å². The van der Waals surface area contributed by atoms with Gasteiger partial charge in [0.1, 0.15) is 11.6 Å². The van der Waals surface area contributed by atoms with E-state index in [1.807, 2.05) is 0 Å². The average molecular weight is 426 g/mol. The number of nitrogens with one attached hydrogen (secondary N) is 1. The lowest BCUT2D eigenvalue weighted by Gasteiger charge is -2.13. The summed E-state index contributed by atoms with van der Waals surface area (Å²) in [4.78, 5) is 35.8. The predicted octanol–water partition coefficient (Wildman–Crippen LogP) is 3.11. The molecule has 0 spiro atoms. The molecule has 0 aliphatic rings. The molecule has 0 fully saturated rings. The molecule has 9 heteroatoms. The molecule has 1 aromatic carbocycles. The Labute approximate surface area is 179 Å². The number of nitrogens with zero attached hydrogens (tertiary/aromatic N) is 3. The van der Waals surface area contributed by atoms with Crippen molar-refractivity contribution in [2.24, 2.45) is 5.92 Å². The number of hydrogen-bond donors (Lipinski definition) is 2. The van der Waals surface area contributed by atoms with E-state index in [1.165, 1.54) is 4.68 Å². The van der Waals surface area contributed by atoms with Crippen LogP contribution in [0, 0.1) is 12.8 Å². The number of fused-ring (bicyclic) bond motifs is 1. The van der Waals surface area contributed by atoms with Gasteiger partial charge in [0.25, 0.3) is 0 Å². The lowest BCUT2D eigenvalue weighted by molar-refractivity contribution is -0.136. The Morgan fingerprint density at radius 1 is 1.26 bits per heavy atom. The van der Waals surface area contributed by atoms with Gasteiger partial charge in [0.2, 0.25) is 5.91 Å². The molecule has 0 bridgehead atoms. The number of rotatable bonds is 8. The highest BCUT2D eigenvalue weighted by molar-refractivity contribution is 5.95. The highest BCUT2D eigenvalue weighted by Gasteiger charge is 2.19. The van der Waals surface area contributed by atoms with E-state index in [2.05, 4.69) is 29.5 Å². The maximum atomic E-state index is 12.7. The van der Waals surface area contributed by atoms with Crippen LogP contribution < -0.4 is 10.9 Å². The van der Waals surface area contributed by atoms with Gasteiger partial charge in [0, 0.05) is 23.3 Å².